The fraction of sp³-hybridized carbons (Fsp3) is 0.111. The summed E-state index contributed by atoms with van der Waals surface area (Å²) in [5.74, 6) is 0.492. The molecule has 0 unspecified atom stereocenters. The van der Waals surface area contributed by atoms with E-state index >= 15 is 0 Å². The third-order valence-corrected chi connectivity index (χ3v) is 2.85. The molecule has 2 aromatic rings. The maximum atomic E-state index is 10.7. The third-order valence-electron chi connectivity index (χ3n) is 2.06. The van der Waals surface area contributed by atoms with Crippen molar-refractivity contribution >= 4 is 22.2 Å². The number of anilines is 1. The van der Waals surface area contributed by atoms with Gasteiger partial charge in [-0.15, -0.1) is 10.2 Å². The van der Waals surface area contributed by atoms with Crippen LogP contribution in [-0.4, -0.2) is 22.2 Å². The van der Waals surface area contributed by atoms with Crippen LogP contribution in [0.25, 0.3) is 10.6 Å². The van der Waals surface area contributed by atoms with Crippen molar-refractivity contribution in [2.75, 3.05) is 12.8 Å². The largest absolute Gasteiger partial charge is 0.496 e. The molecule has 0 aliphatic carbocycles. The zero-order valence-corrected chi connectivity index (χ0v) is 9.60. The number of methoxy groups -OCH3 is 1. The van der Waals surface area contributed by atoms with Gasteiger partial charge in [0.25, 0.3) is 5.69 Å². The first-order chi connectivity index (χ1) is 8.11. The SMILES string of the molecule is COc1ccc([N+](=O)[O-])cc1-c1nnc(N)s1. The molecular formula is C9H8N4O3S. The molecular weight excluding hydrogens is 244 g/mol. The first kappa shape index (κ1) is 11.3. The lowest BCUT2D eigenvalue weighted by molar-refractivity contribution is -0.384. The van der Waals surface area contributed by atoms with Gasteiger partial charge in [0, 0.05) is 12.1 Å². The van der Waals surface area contributed by atoms with E-state index < -0.39 is 4.92 Å². The number of rotatable bonds is 3. The van der Waals surface area contributed by atoms with Crippen LogP contribution in [0.4, 0.5) is 10.8 Å². The number of nitrogen functional groups attached to an aromatic ring is 1. The highest BCUT2D eigenvalue weighted by Crippen LogP contribution is 2.35. The quantitative estimate of drug-likeness (QED) is 0.658. The highest BCUT2D eigenvalue weighted by molar-refractivity contribution is 7.18. The number of hydrogen-bond acceptors (Lipinski definition) is 7. The van der Waals surface area contributed by atoms with Gasteiger partial charge in [-0.25, -0.2) is 0 Å². The number of benzene rings is 1. The smallest absolute Gasteiger partial charge is 0.270 e. The monoisotopic (exact) mass is 252 g/mol. The molecule has 17 heavy (non-hydrogen) atoms. The second-order valence-electron chi connectivity index (χ2n) is 3.09. The number of aromatic nitrogens is 2. The van der Waals surface area contributed by atoms with Crippen LogP contribution in [0.3, 0.4) is 0 Å². The average molecular weight is 252 g/mol. The molecule has 1 heterocycles. The van der Waals surface area contributed by atoms with E-state index in [2.05, 4.69) is 10.2 Å². The Morgan fingerprint density at radius 2 is 2.24 bits per heavy atom. The summed E-state index contributed by atoms with van der Waals surface area (Å²) in [6.07, 6.45) is 0. The maximum absolute atomic E-state index is 10.7. The predicted molar refractivity (Wildman–Crippen MR) is 63.0 cm³/mol. The van der Waals surface area contributed by atoms with Crippen molar-refractivity contribution in [1.29, 1.82) is 0 Å². The molecule has 0 saturated heterocycles. The minimum absolute atomic E-state index is 0.0328. The third kappa shape index (κ3) is 2.16. The number of non-ortho nitro benzene ring substituents is 1. The molecule has 1 aromatic heterocycles. The van der Waals surface area contributed by atoms with Crippen molar-refractivity contribution < 1.29 is 9.66 Å². The van der Waals surface area contributed by atoms with Gasteiger partial charge in [-0.2, -0.15) is 0 Å². The van der Waals surface area contributed by atoms with Gasteiger partial charge in [0.05, 0.1) is 17.6 Å². The van der Waals surface area contributed by atoms with Gasteiger partial charge in [0.1, 0.15) is 5.75 Å². The van der Waals surface area contributed by atoms with Crippen molar-refractivity contribution in [2.24, 2.45) is 0 Å². The maximum Gasteiger partial charge on any atom is 0.270 e. The molecule has 7 nitrogen and oxygen atoms in total. The van der Waals surface area contributed by atoms with E-state index in [9.17, 15) is 10.1 Å². The molecule has 88 valence electrons. The van der Waals surface area contributed by atoms with Gasteiger partial charge < -0.3 is 10.5 Å². The van der Waals surface area contributed by atoms with Crippen molar-refractivity contribution in [3.63, 3.8) is 0 Å². The molecule has 0 spiro atoms. The van der Waals surface area contributed by atoms with Crippen molar-refractivity contribution in [3.05, 3.63) is 28.3 Å². The summed E-state index contributed by atoms with van der Waals surface area (Å²) in [6.45, 7) is 0. The summed E-state index contributed by atoms with van der Waals surface area (Å²) in [4.78, 5) is 10.2. The van der Waals surface area contributed by atoms with Gasteiger partial charge in [-0.3, -0.25) is 10.1 Å². The zero-order valence-electron chi connectivity index (χ0n) is 8.78. The zero-order chi connectivity index (χ0) is 12.4. The van der Waals surface area contributed by atoms with E-state index in [0.717, 1.165) is 11.3 Å². The number of nitro benzene ring substituents is 1. The second kappa shape index (κ2) is 4.34. The van der Waals surface area contributed by atoms with Gasteiger partial charge in [-0.1, -0.05) is 11.3 Å². The minimum atomic E-state index is -0.479. The molecule has 0 atom stereocenters. The number of nitro groups is 1. The molecule has 0 aliphatic rings. The lowest BCUT2D eigenvalue weighted by Crippen LogP contribution is -1.92. The van der Waals surface area contributed by atoms with E-state index in [1.807, 2.05) is 0 Å². The lowest BCUT2D eigenvalue weighted by atomic mass is 10.2. The minimum Gasteiger partial charge on any atom is -0.496 e. The first-order valence-corrected chi connectivity index (χ1v) is 5.35. The number of nitrogens with zero attached hydrogens (tertiary/aromatic N) is 3. The topological polar surface area (TPSA) is 104 Å². The summed E-state index contributed by atoms with van der Waals surface area (Å²) >= 11 is 1.14. The summed E-state index contributed by atoms with van der Waals surface area (Å²) in [5.41, 5.74) is 5.95. The number of nitrogens with two attached hydrogens (primary N) is 1. The van der Waals surface area contributed by atoms with Crippen LogP contribution >= 0.6 is 11.3 Å². The molecule has 2 N–H and O–H groups in total. The molecule has 0 amide bonds. The van der Waals surface area contributed by atoms with Crippen molar-refractivity contribution in [3.8, 4) is 16.3 Å². The van der Waals surface area contributed by atoms with Crippen LogP contribution in [0.5, 0.6) is 5.75 Å². The first-order valence-electron chi connectivity index (χ1n) is 4.53. The van der Waals surface area contributed by atoms with Gasteiger partial charge in [0.2, 0.25) is 5.13 Å². The molecule has 1 aromatic carbocycles. The van der Waals surface area contributed by atoms with Crippen LogP contribution in [0, 0.1) is 10.1 Å². The summed E-state index contributed by atoms with van der Waals surface area (Å²) < 4.78 is 5.12. The van der Waals surface area contributed by atoms with Crippen LogP contribution in [-0.2, 0) is 0 Å². The Morgan fingerprint density at radius 1 is 1.47 bits per heavy atom. The van der Waals surface area contributed by atoms with E-state index in [4.69, 9.17) is 10.5 Å². The van der Waals surface area contributed by atoms with Crippen LogP contribution < -0.4 is 10.5 Å². The van der Waals surface area contributed by atoms with E-state index in [-0.39, 0.29) is 5.69 Å². The van der Waals surface area contributed by atoms with Gasteiger partial charge >= 0.3 is 0 Å². The Balaban J connectivity index is 2.57. The van der Waals surface area contributed by atoms with Crippen LogP contribution in [0.2, 0.25) is 0 Å². The summed E-state index contributed by atoms with van der Waals surface area (Å²) in [6, 6.07) is 4.27. The molecule has 0 bridgehead atoms. The summed E-state index contributed by atoms with van der Waals surface area (Å²) in [7, 11) is 1.48. The Labute approximate surface area is 100 Å². The lowest BCUT2D eigenvalue weighted by Gasteiger charge is -2.04. The van der Waals surface area contributed by atoms with Crippen LogP contribution in [0.15, 0.2) is 18.2 Å². The highest BCUT2D eigenvalue weighted by atomic mass is 32.1. The Morgan fingerprint density at radius 3 is 2.76 bits per heavy atom. The molecule has 0 aliphatic heterocycles. The van der Waals surface area contributed by atoms with Crippen LogP contribution in [0.1, 0.15) is 0 Å². The normalized spacial score (nSPS) is 10.2. The Bertz CT molecular complexity index is 569. The number of ether oxygens (including phenoxy) is 1. The van der Waals surface area contributed by atoms with Crippen molar-refractivity contribution in [2.45, 2.75) is 0 Å². The highest BCUT2D eigenvalue weighted by Gasteiger charge is 2.15. The van der Waals surface area contributed by atoms with E-state index in [1.165, 1.54) is 25.3 Å². The standard InChI is InChI=1S/C9H8N4O3S/c1-16-7-3-2-5(13(14)15)4-6(7)8-11-12-9(10)17-8/h2-4H,1H3,(H2,10,12). The van der Waals surface area contributed by atoms with Gasteiger partial charge in [0.15, 0.2) is 5.01 Å². The Hall–Kier alpha value is -2.22. The second-order valence-corrected chi connectivity index (χ2v) is 4.10. The predicted octanol–water partition coefficient (Wildman–Crippen LogP) is 1.70. The molecule has 2 rings (SSSR count). The summed E-state index contributed by atoms with van der Waals surface area (Å²) in [5, 5.41) is 19.0. The molecule has 0 fully saturated rings. The fourth-order valence-corrected chi connectivity index (χ4v) is 1.95. The Kier molecular flexibility index (Phi) is 2.88. The molecule has 0 saturated carbocycles. The van der Waals surface area contributed by atoms with Gasteiger partial charge in [-0.05, 0) is 6.07 Å². The molecule has 8 heteroatoms. The molecule has 0 radical (unpaired) electrons. The van der Waals surface area contributed by atoms with E-state index in [1.54, 1.807) is 0 Å². The van der Waals surface area contributed by atoms with E-state index in [0.29, 0.717) is 21.5 Å². The fourth-order valence-electron chi connectivity index (χ4n) is 1.32. The van der Waals surface area contributed by atoms with Crippen molar-refractivity contribution in [1.82, 2.24) is 10.2 Å². The average Bonchev–Trinajstić information content (AvgIpc) is 2.74. The number of hydrogen-bond donors (Lipinski definition) is 1.